The lowest BCUT2D eigenvalue weighted by Gasteiger charge is -2.11. The van der Waals surface area contributed by atoms with Crippen molar-refractivity contribution in [3.63, 3.8) is 0 Å². The van der Waals surface area contributed by atoms with Crippen LogP contribution in [0.3, 0.4) is 0 Å². The minimum atomic E-state index is -1.11. The second-order valence-corrected chi connectivity index (χ2v) is 5.27. The van der Waals surface area contributed by atoms with Gasteiger partial charge in [0.05, 0.1) is 6.04 Å². The van der Waals surface area contributed by atoms with E-state index in [1.54, 1.807) is 37.3 Å². The molecule has 0 radical (unpaired) electrons. The number of carbonyl (C=O) groups excluding carboxylic acids is 1. The molecule has 0 aliphatic carbocycles. The number of furan rings is 1. The Labute approximate surface area is 142 Å². The normalized spacial score (nSPS) is 12.8. The number of benzene rings is 1. The van der Waals surface area contributed by atoms with Crippen molar-refractivity contribution in [3.05, 3.63) is 41.4 Å². The molecule has 130 valence electrons. The molecule has 0 aliphatic heterocycles. The van der Waals surface area contributed by atoms with E-state index < -0.39 is 24.5 Å². The van der Waals surface area contributed by atoms with Crippen LogP contribution in [-0.2, 0) is 9.59 Å². The quantitative estimate of drug-likeness (QED) is 0.416. The number of carboxylic acids is 1. The van der Waals surface area contributed by atoms with Gasteiger partial charge in [0.1, 0.15) is 17.6 Å². The highest BCUT2D eigenvalue weighted by atomic mass is 16.5. The van der Waals surface area contributed by atoms with Crippen molar-refractivity contribution in [2.24, 2.45) is 0 Å². The van der Waals surface area contributed by atoms with Gasteiger partial charge in [-0.05, 0) is 26.0 Å². The van der Waals surface area contributed by atoms with E-state index in [0.717, 1.165) is 0 Å². The molecular formula is C17H16N2O6. The molecule has 1 amide bonds. The summed E-state index contributed by atoms with van der Waals surface area (Å²) in [4.78, 5) is 22.6. The second kappa shape index (κ2) is 7.40. The number of allylic oxidation sites excluding steroid dienone is 1. The molecule has 3 N–H and O–H groups in total. The fraction of sp³-hybridized carbons (Fsp3) is 0.235. The van der Waals surface area contributed by atoms with Crippen LogP contribution in [0.25, 0.3) is 11.0 Å². The summed E-state index contributed by atoms with van der Waals surface area (Å²) in [5.41, 5.74) is -0.0253. The highest BCUT2D eigenvalue weighted by molar-refractivity contribution is 5.97. The number of hydrogen-bond acceptors (Lipinski definition) is 6. The Hall–Kier alpha value is -3.47. The summed E-state index contributed by atoms with van der Waals surface area (Å²) in [6.45, 7) is 2.39. The van der Waals surface area contributed by atoms with Crippen molar-refractivity contribution in [1.82, 2.24) is 5.32 Å². The van der Waals surface area contributed by atoms with E-state index in [2.05, 4.69) is 5.32 Å². The van der Waals surface area contributed by atoms with Crippen molar-refractivity contribution >= 4 is 22.8 Å². The first-order chi connectivity index (χ1) is 11.8. The van der Waals surface area contributed by atoms with Crippen LogP contribution >= 0.6 is 0 Å². The van der Waals surface area contributed by atoms with Gasteiger partial charge in [0.15, 0.2) is 23.5 Å². The minimum absolute atomic E-state index is 0.272. The van der Waals surface area contributed by atoms with Gasteiger partial charge in [0.25, 0.3) is 5.91 Å². The van der Waals surface area contributed by atoms with Gasteiger partial charge in [-0.25, -0.2) is 4.79 Å². The highest BCUT2D eigenvalue weighted by Crippen LogP contribution is 2.31. The first-order valence-corrected chi connectivity index (χ1v) is 7.31. The van der Waals surface area contributed by atoms with Crippen molar-refractivity contribution in [3.8, 4) is 11.8 Å². The lowest BCUT2D eigenvalue weighted by Crippen LogP contribution is -2.28. The van der Waals surface area contributed by atoms with Crippen LogP contribution in [0.2, 0.25) is 0 Å². The van der Waals surface area contributed by atoms with Crippen molar-refractivity contribution in [1.29, 1.82) is 5.26 Å². The molecule has 1 heterocycles. The number of rotatable bonds is 6. The predicted molar refractivity (Wildman–Crippen MR) is 86.8 cm³/mol. The summed E-state index contributed by atoms with van der Waals surface area (Å²) in [6.07, 6.45) is 0. The number of nitrogens with one attached hydrogen (secondary N) is 1. The molecule has 1 unspecified atom stereocenters. The average Bonchev–Trinajstić information content (AvgIpc) is 2.97. The first-order valence-electron chi connectivity index (χ1n) is 7.31. The molecule has 0 spiro atoms. The zero-order chi connectivity index (χ0) is 18.6. The molecule has 1 aromatic heterocycles. The summed E-state index contributed by atoms with van der Waals surface area (Å²) in [6, 6.07) is 7.74. The van der Waals surface area contributed by atoms with Crippen LogP contribution < -0.4 is 10.1 Å². The van der Waals surface area contributed by atoms with E-state index in [4.69, 9.17) is 19.5 Å². The summed E-state index contributed by atoms with van der Waals surface area (Å²) in [5.74, 6) is -1.55. The van der Waals surface area contributed by atoms with Crippen LogP contribution in [0, 0.1) is 11.3 Å². The second-order valence-electron chi connectivity index (χ2n) is 5.27. The summed E-state index contributed by atoms with van der Waals surface area (Å²) < 4.78 is 10.9. The molecule has 1 aromatic carbocycles. The summed E-state index contributed by atoms with van der Waals surface area (Å²) in [7, 11) is 0. The number of nitrogens with zero attached hydrogens (tertiary/aromatic N) is 1. The van der Waals surface area contributed by atoms with Gasteiger partial charge < -0.3 is 24.7 Å². The number of amides is 1. The number of aliphatic carboxylic acids is 1. The van der Waals surface area contributed by atoms with E-state index in [1.165, 1.54) is 6.92 Å². The maximum atomic E-state index is 12.0. The zero-order valence-electron chi connectivity index (χ0n) is 13.6. The Morgan fingerprint density at radius 2 is 2.12 bits per heavy atom. The van der Waals surface area contributed by atoms with Gasteiger partial charge in [0, 0.05) is 5.39 Å². The Bertz CT molecular complexity index is 886. The van der Waals surface area contributed by atoms with E-state index in [-0.39, 0.29) is 17.1 Å². The summed E-state index contributed by atoms with van der Waals surface area (Å²) in [5, 5.41) is 30.1. The fourth-order valence-electron chi connectivity index (χ4n) is 2.16. The van der Waals surface area contributed by atoms with E-state index in [0.29, 0.717) is 16.7 Å². The number of para-hydroxylation sites is 1. The standard InChI is InChI=1S/C17H16N2O6/c1-9(19-17(23)12(7-18)10(2)20)14-6-11-4-3-5-13(16(11)25-14)24-8-15(21)22/h3-6,9,20H,8H2,1-2H3,(H,19,23)(H,21,22)/b12-10+. The number of ether oxygens (including phenoxy) is 1. The Balaban J connectivity index is 2.25. The fourth-order valence-corrected chi connectivity index (χ4v) is 2.16. The van der Waals surface area contributed by atoms with Crippen LogP contribution in [0.1, 0.15) is 25.6 Å². The molecule has 25 heavy (non-hydrogen) atoms. The van der Waals surface area contributed by atoms with Gasteiger partial charge in [-0.15, -0.1) is 0 Å². The van der Waals surface area contributed by atoms with Crippen LogP contribution in [0.15, 0.2) is 40.0 Å². The topological polar surface area (TPSA) is 133 Å². The van der Waals surface area contributed by atoms with Crippen LogP contribution in [-0.4, -0.2) is 28.7 Å². The third kappa shape index (κ3) is 4.09. The van der Waals surface area contributed by atoms with E-state index in [9.17, 15) is 14.7 Å². The average molecular weight is 344 g/mol. The third-order valence-electron chi connectivity index (χ3n) is 3.35. The molecule has 0 saturated carbocycles. The number of hydrogen-bond donors (Lipinski definition) is 3. The first kappa shape index (κ1) is 17.9. The van der Waals surface area contributed by atoms with Crippen LogP contribution in [0.5, 0.6) is 5.75 Å². The molecular weight excluding hydrogens is 328 g/mol. The maximum Gasteiger partial charge on any atom is 0.341 e. The smallest absolute Gasteiger partial charge is 0.341 e. The van der Waals surface area contributed by atoms with Crippen molar-refractivity contribution in [2.45, 2.75) is 19.9 Å². The van der Waals surface area contributed by atoms with Gasteiger partial charge in [0.2, 0.25) is 0 Å². The minimum Gasteiger partial charge on any atom is -0.511 e. The maximum absolute atomic E-state index is 12.0. The molecule has 0 aliphatic rings. The highest BCUT2D eigenvalue weighted by Gasteiger charge is 2.19. The number of aliphatic hydroxyl groups is 1. The number of carbonyl (C=O) groups is 2. The lowest BCUT2D eigenvalue weighted by atomic mass is 10.2. The molecule has 0 saturated heterocycles. The van der Waals surface area contributed by atoms with Gasteiger partial charge >= 0.3 is 5.97 Å². The van der Waals surface area contributed by atoms with Crippen LogP contribution in [0.4, 0.5) is 0 Å². The van der Waals surface area contributed by atoms with Gasteiger partial charge in [-0.2, -0.15) is 5.26 Å². The molecule has 8 heteroatoms. The third-order valence-corrected chi connectivity index (χ3v) is 3.35. The molecule has 2 aromatic rings. The van der Waals surface area contributed by atoms with E-state index in [1.807, 2.05) is 0 Å². The Morgan fingerprint density at radius 1 is 1.40 bits per heavy atom. The van der Waals surface area contributed by atoms with Gasteiger partial charge in [-0.1, -0.05) is 12.1 Å². The number of aliphatic hydroxyl groups excluding tert-OH is 1. The zero-order valence-corrected chi connectivity index (χ0v) is 13.6. The van der Waals surface area contributed by atoms with E-state index >= 15 is 0 Å². The van der Waals surface area contributed by atoms with Gasteiger partial charge in [-0.3, -0.25) is 4.79 Å². The number of nitriles is 1. The molecule has 0 fully saturated rings. The summed E-state index contributed by atoms with van der Waals surface area (Å²) >= 11 is 0. The molecule has 8 nitrogen and oxygen atoms in total. The van der Waals surface area contributed by atoms with Crippen molar-refractivity contribution < 1.29 is 29.0 Å². The molecule has 2 rings (SSSR count). The SMILES string of the molecule is C/C(O)=C(/C#N)C(=O)NC(C)c1cc2cccc(OCC(=O)O)c2o1. The molecule has 0 bridgehead atoms. The Morgan fingerprint density at radius 3 is 2.72 bits per heavy atom. The predicted octanol–water partition coefficient (Wildman–Crippen LogP) is 2.43. The Kier molecular flexibility index (Phi) is 5.29. The lowest BCUT2D eigenvalue weighted by molar-refractivity contribution is -0.139. The number of carboxylic acid groups (broad SMARTS) is 1. The largest absolute Gasteiger partial charge is 0.511 e. The molecule has 1 atom stereocenters. The monoisotopic (exact) mass is 344 g/mol. The van der Waals surface area contributed by atoms with Crippen molar-refractivity contribution in [2.75, 3.05) is 6.61 Å². The number of fused-ring (bicyclic) bond motifs is 1.